The zero-order valence-electron chi connectivity index (χ0n) is 16.4. The number of benzene rings is 2. The standard InChI is InChI=1S/C21H21FN4O3S/c1-3-12-26-19(13-29-18-10-8-17(28-2)9-11-18)24-25-21(26)30-14-20(27)23-16-6-4-15(22)5-7-16/h3-11H,1,12-14H2,2H3,(H,23,27). The average molecular weight is 428 g/mol. The number of hydrogen-bond acceptors (Lipinski definition) is 6. The number of allylic oxidation sites excluding steroid dienone is 1. The summed E-state index contributed by atoms with van der Waals surface area (Å²) in [5, 5.41) is 11.6. The third-order valence-electron chi connectivity index (χ3n) is 3.99. The van der Waals surface area contributed by atoms with Crippen molar-refractivity contribution in [2.75, 3.05) is 18.2 Å². The number of methoxy groups -OCH3 is 1. The van der Waals surface area contributed by atoms with Gasteiger partial charge in [-0.2, -0.15) is 0 Å². The molecule has 30 heavy (non-hydrogen) atoms. The Morgan fingerprint density at radius 3 is 2.53 bits per heavy atom. The summed E-state index contributed by atoms with van der Waals surface area (Å²) in [7, 11) is 1.60. The maximum atomic E-state index is 13.0. The number of rotatable bonds is 10. The second-order valence-corrected chi connectivity index (χ2v) is 7.05. The fourth-order valence-corrected chi connectivity index (χ4v) is 3.29. The third kappa shape index (κ3) is 5.84. The van der Waals surface area contributed by atoms with Crippen molar-refractivity contribution in [2.24, 2.45) is 0 Å². The van der Waals surface area contributed by atoms with E-state index in [1.807, 2.05) is 28.8 Å². The van der Waals surface area contributed by atoms with Crippen molar-refractivity contribution >= 4 is 23.4 Å². The molecule has 7 nitrogen and oxygen atoms in total. The molecule has 2 aromatic carbocycles. The minimum atomic E-state index is -0.357. The predicted octanol–water partition coefficient (Wildman–Crippen LogP) is 3.92. The van der Waals surface area contributed by atoms with E-state index in [9.17, 15) is 9.18 Å². The lowest BCUT2D eigenvalue weighted by Gasteiger charge is -2.10. The number of hydrogen-bond donors (Lipinski definition) is 1. The highest BCUT2D eigenvalue weighted by molar-refractivity contribution is 7.99. The number of amides is 1. The van der Waals surface area contributed by atoms with Crippen molar-refractivity contribution in [3.8, 4) is 11.5 Å². The Hall–Kier alpha value is -3.33. The lowest BCUT2D eigenvalue weighted by Crippen LogP contribution is -2.15. The molecule has 1 N–H and O–H groups in total. The van der Waals surface area contributed by atoms with E-state index in [0.717, 1.165) is 5.75 Å². The molecule has 1 amide bonds. The van der Waals surface area contributed by atoms with Crippen LogP contribution in [0.2, 0.25) is 0 Å². The average Bonchev–Trinajstić information content (AvgIpc) is 3.14. The second kappa shape index (κ2) is 10.4. The number of ether oxygens (including phenoxy) is 2. The van der Waals surface area contributed by atoms with Gasteiger partial charge >= 0.3 is 0 Å². The maximum absolute atomic E-state index is 13.0. The van der Waals surface area contributed by atoms with Gasteiger partial charge in [0, 0.05) is 12.2 Å². The van der Waals surface area contributed by atoms with E-state index in [0.29, 0.717) is 29.0 Å². The summed E-state index contributed by atoms with van der Waals surface area (Å²) >= 11 is 1.25. The van der Waals surface area contributed by atoms with E-state index in [2.05, 4.69) is 22.1 Å². The van der Waals surface area contributed by atoms with Gasteiger partial charge in [-0.25, -0.2) is 4.39 Å². The highest BCUT2D eigenvalue weighted by Crippen LogP contribution is 2.21. The van der Waals surface area contributed by atoms with E-state index in [4.69, 9.17) is 9.47 Å². The van der Waals surface area contributed by atoms with Gasteiger partial charge in [0.1, 0.15) is 23.9 Å². The van der Waals surface area contributed by atoms with Gasteiger partial charge in [-0.1, -0.05) is 17.8 Å². The fourth-order valence-electron chi connectivity index (χ4n) is 2.53. The summed E-state index contributed by atoms with van der Waals surface area (Å²) in [5.74, 6) is 1.59. The topological polar surface area (TPSA) is 78.3 Å². The molecule has 156 valence electrons. The lowest BCUT2D eigenvalue weighted by molar-refractivity contribution is -0.113. The van der Waals surface area contributed by atoms with Crippen molar-refractivity contribution < 1.29 is 18.7 Å². The Bertz CT molecular complexity index is 990. The first kappa shape index (κ1) is 21.4. The van der Waals surface area contributed by atoms with E-state index in [-0.39, 0.29) is 24.1 Å². The number of aromatic nitrogens is 3. The molecule has 3 aromatic rings. The van der Waals surface area contributed by atoms with Crippen molar-refractivity contribution in [3.63, 3.8) is 0 Å². The maximum Gasteiger partial charge on any atom is 0.234 e. The molecule has 1 heterocycles. The highest BCUT2D eigenvalue weighted by Gasteiger charge is 2.14. The van der Waals surface area contributed by atoms with Crippen molar-refractivity contribution in [2.45, 2.75) is 18.3 Å². The van der Waals surface area contributed by atoms with Gasteiger partial charge in [0.2, 0.25) is 5.91 Å². The zero-order chi connectivity index (χ0) is 21.3. The quantitative estimate of drug-likeness (QED) is 0.390. The van der Waals surface area contributed by atoms with Gasteiger partial charge in [-0.05, 0) is 48.5 Å². The summed E-state index contributed by atoms with van der Waals surface area (Å²) in [5.41, 5.74) is 0.531. The van der Waals surface area contributed by atoms with Gasteiger partial charge < -0.3 is 14.8 Å². The Labute approximate surface area is 177 Å². The Balaban J connectivity index is 1.59. The first-order chi connectivity index (χ1) is 14.6. The van der Waals surface area contributed by atoms with Crippen LogP contribution in [-0.4, -0.2) is 33.5 Å². The minimum Gasteiger partial charge on any atom is -0.497 e. The summed E-state index contributed by atoms with van der Waals surface area (Å²) in [4.78, 5) is 12.2. The van der Waals surface area contributed by atoms with Crippen LogP contribution in [-0.2, 0) is 17.9 Å². The van der Waals surface area contributed by atoms with E-state index in [1.165, 1.54) is 36.0 Å². The molecule has 0 spiro atoms. The molecular formula is C21H21FN4O3S. The highest BCUT2D eigenvalue weighted by atomic mass is 32.2. The molecule has 0 bridgehead atoms. The summed E-state index contributed by atoms with van der Waals surface area (Å²) < 4.78 is 25.7. The SMILES string of the molecule is C=CCn1c(COc2ccc(OC)cc2)nnc1SCC(=O)Nc1ccc(F)cc1. The van der Waals surface area contributed by atoms with E-state index < -0.39 is 0 Å². The van der Waals surface area contributed by atoms with E-state index in [1.54, 1.807) is 13.2 Å². The number of halogens is 1. The van der Waals surface area contributed by atoms with Gasteiger partial charge in [0.25, 0.3) is 0 Å². The molecule has 0 saturated carbocycles. The van der Waals surface area contributed by atoms with Gasteiger partial charge in [-0.15, -0.1) is 16.8 Å². The molecule has 1 aromatic heterocycles. The molecule has 0 atom stereocenters. The molecule has 0 fully saturated rings. The number of carbonyl (C=O) groups is 1. The minimum absolute atomic E-state index is 0.131. The predicted molar refractivity (Wildman–Crippen MR) is 113 cm³/mol. The molecule has 9 heteroatoms. The van der Waals surface area contributed by atoms with Crippen molar-refractivity contribution in [3.05, 3.63) is 72.8 Å². The van der Waals surface area contributed by atoms with Crippen LogP contribution in [0.25, 0.3) is 0 Å². The van der Waals surface area contributed by atoms with Crippen LogP contribution in [0.4, 0.5) is 10.1 Å². The van der Waals surface area contributed by atoms with Crippen molar-refractivity contribution in [1.29, 1.82) is 0 Å². The molecule has 3 rings (SSSR count). The lowest BCUT2D eigenvalue weighted by atomic mass is 10.3. The molecule has 0 aliphatic carbocycles. The fraction of sp³-hybridized carbons (Fsp3) is 0.190. The molecule has 0 aliphatic rings. The first-order valence-corrected chi connectivity index (χ1v) is 10.1. The van der Waals surface area contributed by atoms with Crippen LogP contribution in [0.1, 0.15) is 5.82 Å². The van der Waals surface area contributed by atoms with Crippen LogP contribution in [0, 0.1) is 5.82 Å². The Morgan fingerprint density at radius 1 is 1.17 bits per heavy atom. The van der Waals surface area contributed by atoms with Gasteiger partial charge in [-0.3, -0.25) is 9.36 Å². The van der Waals surface area contributed by atoms with Gasteiger partial charge in [0.15, 0.2) is 11.0 Å². The zero-order valence-corrected chi connectivity index (χ0v) is 17.2. The molecular weight excluding hydrogens is 407 g/mol. The third-order valence-corrected chi connectivity index (χ3v) is 4.96. The smallest absolute Gasteiger partial charge is 0.234 e. The normalized spacial score (nSPS) is 10.5. The summed E-state index contributed by atoms with van der Waals surface area (Å²) in [6.45, 7) is 4.46. The van der Waals surface area contributed by atoms with Crippen LogP contribution < -0.4 is 14.8 Å². The van der Waals surface area contributed by atoms with Crippen LogP contribution in [0.15, 0.2) is 66.3 Å². The van der Waals surface area contributed by atoms with Gasteiger partial charge in [0.05, 0.1) is 12.9 Å². The van der Waals surface area contributed by atoms with Crippen molar-refractivity contribution in [1.82, 2.24) is 14.8 Å². The monoisotopic (exact) mass is 428 g/mol. The van der Waals surface area contributed by atoms with Crippen LogP contribution >= 0.6 is 11.8 Å². The Kier molecular flexibility index (Phi) is 7.45. The number of thioether (sulfide) groups is 1. The number of nitrogens with one attached hydrogen (secondary N) is 1. The van der Waals surface area contributed by atoms with Crippen LogP contribution in [0.3, 0.4) is 0 Å². The largest absolute Gasteiger partial charge is 0.497 e. The molecule has 0 aliphatic heterocycles. The van der Waals surface area contributed by atoms with Crippen LogP contribution in [0.5, 0.6) is 11.5 Å². The number of anilines is 1. The first-order valence-electron chi connectivity index (χ1n) is 9.07. The molecule has 0 saturated heterocycles. The summed E-state index contributed by atoms with van der Waals surface area (Å²) in [6, 6.07) is 12.8. The summed E-state index contributed by atoms with van der Waals surface area (Å²) in [6.07, 6.45) is 1.73. The molecule has 0 unspecified atom stereocenters. The Morgan fingerprint density at radius 2 is 1.87 bits per heavy atom. The number of nitrogens with zero attached hydrogens (tertiary/aromatic N) is 3. The second-order valence-electron chi connectivity index (χ2n) is 6.11. The molecule has 0 radical (unpaired) electrons. The number of carbonyl (C=O) groups excluding carboxylic acids is 1. The van der Waals surface area contributed by atoms with E-state index >= 15 is 0 Å².